The number of carbonyl (C=O) groups is 1. The van der Waals surface area contributed by atoms with Crippen LogP contribution in [0.25, 0.3) is 0 Å². The molecule has 1 amide bonds. The van der Waals surface area contributed by atoms with Gasteiger partial charge in [0, 0.05) is 17.8 Å². The molecule has 23 heavy (non-hydrogen) atoms. The predicted octanol–water partition coefficient (Wildman–Crippen LogP) is 2.77. The average molecular weight is 424 g/mol. The lowest BCUT2D eigenvalue weighted by Gasteiger charge is -2.06. The highest BCUT2D eigenvalue weighted by Crippen LogP contribution is 2.04. The summed E-state index contributed by atoms with van der Waals surface area (Å²) in [7, 11) is 0. The smallest absolute Gasteiger partial charge is 0.251 e. The molecule has 2 aromatic rings. The van der Waals surface area contributed by atoms with Gasteiger partial charge >= 0.3 is 0 Å². The van der Waals surface area contributed by atoms with E-state index in [9.17, 15) is 4.79 Å². The molecule has 0 heterocycles. The van der Waals surface area contributed by atoms with Crippen molar-refractivity contribution in [3.63, 3.8) is 0 Å². The molecule has 0 saturated heterocycles. The fraction of sp³-hybridized carbons (Fsp3) is 0.176. The lowest BCUT2D eigenvalue weighted by atomic mass is 10.1. The van der Waals surface area contributed by atoms with Gasteiger partial charge in [-0.25, -0.2) is 0 Å². The van der Waals surface area contributed by atoms with Gasteiger partial charge in [-0.3, -0.25) is 9.79 Å². The predicted molar refractivity (Wildman–Crippen MR) is 105 cm³/mol. The summed E-state index contributed by atoms with van der Waals surface area (Å²) in [4.78, 5) is 16.1. The highest BCUT2D eigenvalue weighted by atomic mass is 127. The Morgan fingerprint density at radius 3 is 2.57 bits per heavy atom. The van der Waals surface area contributed by atoms with Crippen molar-refractivity contribution in [2.24, 2.45) is 10.7 Å². The first-order valence-electron chi connectivity index (χ1n) is 7.12. The van der Waals surface area contributed by atoms with Gasteiger partial charge in [0.25, 0.3) is 5.91 Å². The van der Waals surface area contributed by atoms with Gasteiger partial charge in [0.2, 0.25) is 0 Å². The number of hydrogen-bond acceptors (Lipinski definition) is 2. The van der Waals surface area contributed by atoms with Crippen molar-refractivity contribution in [1.82, 2.24) is 5.32 Å². The molecule has 0 aromatic heterocycles. The summed E-state index contributed by atoms with van der Waals surface area (Å²) in [6.45, 7) is 2.81. The van der Waals surface area contributed by atoms with Crippen LogP contribution in [0.5, 0.6) is 0 Å². The number of guanidine groups is 1. The molecule has 0 atom stereocenters. The summed E-state index contributed by atoms with van der Waals surface area (Å²) in [5.41, 5.74) is 8.37. The van der Waals surface area contributed by atoms with E-state index in [0.717, 1.165) is 11.3 Å². The highest BCUT2D eigenvalue weighted by Gasteiger charge is 2.03. The topological polar surface area (TPSA) is 79.5 Å². The Labute approximate surface area is 153 Å². The van der Waals surface area contributed by atoms with E-state index in [4.69, 9.17) is 5.73 Å². The maximum absolute atomic E-state index is 11.9. The van der Waals surface area contributed by atoms with Crippen LogP contribution in [-0.2, 0) is 0 Å². The van der Waals surface area contributed by atoms with E-state index < -0.39 is 0 Å². The van der Waals surface area contributed by atoms with Crippen molar-refractivity contribution in [1.29, 1.82) is 0 Å². The van der Waals surface area contributed by atoms with Crippen molar-refractivity contribution in [2.75, 3.05) is 18.4 Å². The fourth-order valence-electron chi connectivity index (χ4n) is 1.94. The SMILES string of the molecule is Cc1cccc(C(=O)NCCN=C(N)Nc2ccccc2)c1.I. The monoisotopic (exact) mass is 424 g/mol. The Bertz CT molecular complexity index is 659. The second kappa shape index (κ2) is 9.83. The lowest BCUT2D eigenvalue weighted by molar-refractivity contribution is 0.0954. The van der Waals surface area contributed by atoms with Gasteiger partial charge in [-0.2, -0.15) is 0 Å². The molecule has 0 spiro atoms. The molecular weight excluding hydrogens is 403 g/mol. The van der Waals surface area contributed by atoms with Crippen LogP contribution in [0.15, 0.2) is 59.6 Å². The number of anilines is 1. The van der Waals surface area contributed by atoms with Crippen LogP contribution in [-0.4, -0.2) is 25.0 Å². The first-order chi connectivity index (χ1) is 10.6. The van der Waals surface area contributed by atoms with Crippen molar-refractivity contribution < 1.29 is 4.79 Å². The zero-order valence-electron chi connectivity index (χ0n) is 13.0. The first kappa shape index (κ1) is 19.0. The van der Waals surface area contributed by atoms with E-state index in [0.29, 0.717) is 24.6 Å². The Hall–Kier alpha value is -2.09. The lowest BCUT2D eigenvalue weighted by Crippen LogP contribution is -2.28. The van der Waals surface area contributed by atoms with Crippen LogP contribution >= 0.6 is 24.0 Å². The number of aliphatic imine (C=N–C) groups is 1. The van der Waals surface area contributed by atoms with E-state index in [2.05, 4.69) is 15.6 Å². The Morgan fingerprint density at radius 2 is 1.87 bits per heavy atom. The van der Waals surface area contributed by atoms with Crippen molar-refractivity contribution in [3.8, 4) is 0 Å². The molecule has 122 valence electrons. The summed E-state index contributed by atoms with van der Waals surface area (Å²) >= 11 is 0. The number of hydrogen-bond donors (Lipinski definition) is 3. The molecule has 5 nitrogen and oxygen atoms in total. The third kappa shape index (κ3) is 6.68. The quantitative estimate of drug-likeness (QED) is 0.299. The molecule has 0 radical (unpaired) electrons. The standard InChI is InChI=1S/C17H20N4O.HI/c1-13-6-5-7-14(12-13)16(22)19-10-11-20-17(18)21-15-8-3-2-4-9-15;/h2-9,12H,10-11H2,1H3,(H,19,22)(H3,18,20,21);1H. The molecule has 0 aliphatic carbocycles. The molecular formula is C17H21IN4O. The van der Waals surface area contributed by atoms with E-state index in [1.807, 2.05) is 55.5 Å². The summed E-state index contributed by atoms with van der Waals surface area (Å²) in [6, 6.07) is 17.0. The molecule has 0 bridgehead atoms. The number of carbonyl (C=O) groups excluding carboxylic acids is 1. The van der Waals surface area contributed by atoms with Gasteiger partial charge < -0.3 is 16.4 Å². The number of aryl methyl sites for hydroxylation is 1. The third-order valence-corrected chi connectivity index (χ3v) is 3.01. The number of nitrogens with two attached hydrogens (primary N) is 1. The number of benzene rings is 2. The number of halogens is 1. The number of rotatable bonds is 5. The minimum atomic E-state index is -0.103. The van der Waals surface area contributed by atoms with Crippen LogP contribution in [0.3, 0.4) is 0 Å². The van der Waals surface area contributed by atoms with Gasteiger partial charge in [-0.15, -0.1) is 24.0 Å². The Balaban J connectivity index is 0.00000264. The van der Waals surface area contributed by atoms with Crippen LogP contribution in [0, 0.1) is 6.92 Å². The molecule has 2 aromatic carbocycles. The second-order valence-electron chi connectivity index (χ2n) is 4.88. The van der Waals surface area contributed by atoms with Crippen molar-refractivity contribution in [2.45, 2.75) is 6.92 Å². The number of amides is 1. The van der Waals surface area contributed by atoms with Gasteiger partial charge in [0.05, 0.1) is 6.54 Å². The molecule has 0 aliphatic heterocycles. The normalized spacial score (nSPS) is 10.6. The fourth-order valence-corrected chi connectivity index (χ4v) is 1.94. The van der Waals surface area contributed by atoms with E-state index in [-0.39, 0.29) is 29.9 Å². The largest absolute Gasteiger partial charge is 0.370 e. The van der Waals surface area contributed by atoms with Crippen LogP contribution in [0.1, 0.15) is 15.9 Å². The van der Waals surface area contributed by atoms with Gasteiger partial charge in [0.15, 0.2) is 5.96 Å². The number of para-hydroxylation sites is 1. The van der Waals surface area contributed by atoms with Gasteiger partial charge in [-0.05, 0) is 31.2 Å². The molecule has 0 saturated carbocycles. The maximum atomic E-state index is 11.9. The second-order valence-corrected chi connectivity index (χ2v) is 4.88. The van der Waals surface area contributed by atoms with E-state index in [1.54, 1.807) is 6.07 Å². The van der Waals surface area contributed by atoms with Crippen LogP contribution in [0.2, 0.25) is 0 Å². The number of nitrogens with zero attached hydrogens (tertiary/aromatic N) is 1. The summed E-state index contributed by atoms with van der Waals surface area (Å²) in [5, 5.41) is 5.80. The van der Waals surface area contributed by atoms with Crippen LogP contribution in [0.4, 0.5) is 5.69 Å². The molecule has 0 fully saturated rings. The first-order valence-corrected chi connectivity index (χ1v) is 7.12. The van der Waals surface area contributed by atoms with Gasteiger partial charge in [0.1, 0.15) is 0 Å². The van der Waals surface area contributed by atoms with Crippen molar-refractivity contribution >= 4 is 41.5 Å². The highest BCUT2D eigenvalue weighted by molar-refractivity contribution is 14.0. The summed E-state index contributed by atoms with van der Waals surface area (Å²) in [6.07, 6.45) is 0. The maximum Gasteiger partial charge on any atom is 0.251 e. The minimum absolute atomic E-state index is 0. The van der Waals surface area contributed by atoms with Crippen molar-refractivity contribution in [3.05, 3.63) is 65.7 Å². The zero-order chi connectivity index (χ0) is 15.8. The Morgan fingerprint density at radius 1 is 1.13 bits per heavy atom. The van der Waals surface area contributed by atoms with Crippen LogP contribution < -0.4 is 16.4 Å². The Kier molecular flexibility index (Phi) is 8.10. The minimum Gasteiger partial charge on any atom is -0.370 e. The number of nitrogens with one attached hydrogen (secondary N) is 2. The molecule has 4 N–H and O–H groups in total. The molecule has 6 heteroatoms. The summed E-state index contributed by atoms with van der Waals surface area (Å²) in [5.74, 6) is 0.226. The zero-order valence-corrected chi connectivity index (χ0v) is 15.3. The van der Waals surface area contributed by atoms with Gasteiger partial charge in [-0.1, -0.05) is 35.9 Å². The molecule has 0 aliphatic rings. The third-order valence-electron chi connectivity index (χ3n) is 3.01. The van der Waals surface area contributed by atoms with E-state index >= 15 is 0 Å². The average Bonchev–Trinajstić information content (AvgIpc) is 2.52. The van der Waals surface area contributed by atoms with E-state index in [1.165, 1.54) is 0 Å². The summed E-state index contributed by atoms with van der Waals surface area (Å²) < 4.78 is 0. The molecule has 0 unspecified atom stereocenters. The molecule has 2 rings (SSSR count).